The smallest absolute Gasteiger partial charge is 0.273 e. The number of amides is 1. The van der Waals surface area contributed by atoms with Crippen molar-refractivity contribution in [2.45, 2.75) is 25.8 Å². The summed E-state index contributed by atoms with van der Waals surface area (Å²) in [6.45, 7) is 1.75. The van der Waals surface area contributed by atoms with Gasteiger partial charge in [-0.25, -0.2) is 4.98 Å². The summed E-state index contributed by atoms with van der Waals surface area (Å²) in [5.41, 5.74) is 1.18. The number of aryl methyl sites for hydroxylation is 1. The predicted molar refractivity (Wildman–Crippen MR) is 73.7 cm³/mol. The average Bonchev–Trinajstić information content (AvgIpc) is 3.18. The number of aromatic nitrogens is 1. The van der Waals surface area contributed by atoms with E-state index in [-0.39, 0.29) is 5.91 Å². The first-order valence-corrected chi connectivity index (χ1v) is 6.60. The van der Waals surface area contributed by atoms with Crippen LogP contribution in [-0.4, -0.2) is 24.0 Å². The van der Waals surface area contributed by atoms with Gasteiger partial charge in [0, 0.05) is 11.6 Å². The Morgan fingerprint density at radius 3 is 2.65 bits per heavy atom. The fraction of sp³-hybridized carbons (Fsp3) is 0.333. The lowest BCUT2D eigenvalue weighted by atomic mass is 10.2. The van der Waals surface area contributed by atoms with Crippen LogP contribution in [0.5, 0.6) is 5.75 Å². The highest BCUT2D eigenvalue weighted by Gasteiger charge is 2.26. The molecule has 5 heteroatoms. The van der Waals surface area contributed by atoms with E-state index < -0.39 is 0 Å². The molecular formula is C15H16N2O3. The third-order valence-electron chi connectivity index (χ3n) is 3.26. The predicted octanol–water partition coefficient (Wildman–Crippen LogP) is 2.55. The number of hydrogen-bond acceptors (Lipinski definition) is 4. The number of carbonyl (C=O) groups is 1. The van der Waals surface area contributed by atoms with Gasteiger partial charge in [0.15, 0.2) is 5.69 Å². The Morgan fingerprint density at radius 2 is 2.05 bits per heavy atom. The van der Waals surface area contributed by atoms with Crippen molar-refractivity contribution in [2.75, 3.05) is 7.11 Å². The van der Waals surface area contributed by atoms with Crippen molar-refractivity contribution in [1.29, 1.82) is 0 Å². The number of ether oxygens (including phenoxy) is 1. The number of hydrogen-bond donors (Lipinski definition) is 1. The molecule has 0 saturated heterocycles. The second-order valence-electron chi connectivity index (χ2n) is 4.90. The first-order chi connectivity index (χ1) is 9.67. The molecule has 1 fully saturated rings. The molecule has 0 aliphatic heterocycles. The second kappa shape index (κ2) is 5.00. The van der Waals surface area contributed by atoms with Gasteiger partial charge in [0.2, 0.25) is 5.89 Å². The summed E-state index contributed by atoms with van der Waals surface area (Å²) in [6, 6.07) is 7.68. The second-order valence-corrected chi connectivity index (χ2v) is 4.90. The van der Waals surface area contributed by atoms with Crippen molar-refractivity contribution in [1.82, 2.24) is 10.3 Å². The molecule has 0 bridgehead atoms. The molecule has 0 atom stereocenters. The quantitative estimate of drug-likeness (QED) is 0.929. The molecule has 2 aromatic rings. The van der Waals surface area contributed by atoms with E-state index in [0.29, 0.717) is 23.4 Å². The van der Waals surface area contributed by atoms with Gasteiger partial charge in [-0.15, -0.1) is 0 Å². The van der Waals surface area contributed by atoms with E-state index in [9.17, 15) is 4.79 Å². The Balaban J connectivity index is 1.84. The number of oxazole rings is 1. The van der Waals surface area contributed by atoms with Gasteiger partial charge in [0.05, 0.1) is 7.11 Å². The molecule has 1 N–H and O–H groups in total. The molecule has 3 rings (SSSR count). The van der Waals surface area contributed by atoms with Crippen molar-refractivity contribution in [3.8, 4) is 17.2 Å². The van der Waals surface area contributed by atoms with E-state index in [4.69, 9.17) is 9.15 Å². The third kappa shape index (κ3) is 2.52. The maximum absolute atomic E-state index is 12.0. The zero-order valence-corrected chi connectivity index (χ0v) is 11.5. The Labute approximate surface area is 117 Å². The summed E-state index contributed by atoms with van der Waals surface area (Å²) in [4.78, 5) is 16.3. The molecule has 1 saturated carbocycles. The van der Waals surface area contributed by atoms with Crippen molar-refractivity contribution >= 4 is 5.91 Å². The fourth-order valence-corrected chi connectivity index (χ4v) is 1.95. The standard InChI is InChI=1S/C15H16N2O3/c1-9-13(14(18)16-11-5-6-11)17-15(20-9)10-3-7-12(19-2)8-4-10/h3-4,7-8,11H,5-6H2,1-2H3,(H,16,18). The Bertz CT molecular complexity index is 627. The molecule has 1 aromatic heterocycles. The number of carbonyl (C=O) groups excluding carboxylic acids is 1. The maximum Gasteiger partial charge on any atom is 0.273 e. The van der Waals surface area contributed by atoms with Crippen LogP contribution >= 0.6 is 0 Å². The van der Waals surface area contributed by atoms with Gasteiger partial charge in [-0.05, 0) is 44.0 Å². The number of nitrogens with zero attached hydrogens (tertiary/aromatic N) is 1. The van der Waals surface area contributed by atoms with Crippen LogP contribution in [0.15, 0.2) is 28.7 Å². The molecule has 1 amide bonds. The monoisotopic (exact) mass is 272 g/mol. The van der Waals surface area contributed by atoms with Crippen LogP contribution in [0.1, 0.15) is 29.1 Å². The zero-order chi connectivity index (χ0) is 14.1. The van der Waals surface area contributed by atoms with Crippen LogP contribution in [0.3, 0.4) is 0 Å². The van der Waals surface area contributed by atoms with Crippen LogP contribution in [0.2, 0.25) is 0 Å². The van der Waals surface area contributed by atoms with E-state index in [1.807, 2.05) is 24.3 Å². The highest BCUT2D eigenvalue weighted by Crippen LogP contribution is 2.25. The van der Waals surface area contributed by atoms with Crippen LogP contribution < -0.4 is 10.1 Å². The summed E-state index contributed by atoms with van der Waals surface area (Å²) in [5, 5.41) is 2.91. The number of rotatable bonds is 4. The van der Waals surface area contributed by atoms with Crippen LogP contribution in [0.25, 0.3) is 11.5 Å². The Morgan fingerprint density at radius 1 is 1.35 bits per heavy atom. The molecule has 0 spiro atoms. The first-order valence-electron chi connectivity index (χ1n) is 6.60. The van der Waals surface area contributed by atoms with E-state index in [0.717, 1.165) is 24.2 Å². The van der Waals surface area contributed by atoms with E-state index in [1.165, 1.54) is 0 Å². The summed E-state index contributed by atoms with van der Waals surface area (Å²) < 4.78 is 10.7. The average molecular weight is 272 g/mol. The summed E-state index contributed by atoms with van der Waals surface area (Å²) in [5.74, 6) is 1.59. The van der Waals surface area contributed by atoms with Gasteiger partial charge < -0.3 is 14.5 Å². The minimum atomic E-state index is -0.159. The van der Waals surface area contributed by atoms with Crippen LogP contribution in [-0.2, 0) is 0 Å². The van der Waals surface area contributed by atoms with Gasteiger partial charge in [-0.2, -0.15) is 0 Å². The summed E-state index contributed by atoms with van der Waals surface area (Å²) in [6.07, 6.45) is 2.10. The maximum atomic E-state index is 12.0. The summed E-state index contributed by atoms with van der Waals surface area (Å²) in [7, 11) is 1.62. The topological polar surface area (TPSA) is 64.4 Å². The van der Waals surface area contributed by atoms with E-state index in [2.05, 4.69) is 10.3 Å². The lowest BCUT2D eigenvalue weighted by molar-refractivity contribution is 0.0945. The first kappa shape index (κ1) is 12.7. The Kier molecular flexibility index (Phi) is 3.18. The van der Waals surface area contributed by atoms with Crippen molar-refractivity contribution < 1.29 is 13.9 Å². The van der Waals surface area contributed by atoms with Crippen LogP contribution in [0.4, 0.5) is 0 Å². The van der Waals surface area contributed by atoms with Crippen molar-refractivity contribution in [3.63, 3.8) is 0 Å². The van der Waals surface area contributed by atoms with E-state index >= 15 is 0 Å². The largest absolute Gasteiger partial charge is 0.497 e. The number of benzene rings is 1. The molecule has 0 radical (unpaired) electrons. The third-order valence-corrected chi connectivity index (χ3v) is 3.26. The van der Waals surface area contributed by atoms with Crippen LogP contribution in [0, 0.1) is 6.92 Å². The fourth-order valence-electron chi connectivity index (χ4n) is 1.95. The summed E-state index contributed by atoms with van der Waals surface area (Å²) >= 11 is 0. The van der Waals surface area contributed by atoms with Gasteiger partial charge in [0.1, 0.15) is 11.5 Å². The lowest BCUT2D eigenvalue weighted by Gasteiger charge is -1.99. The molecule has 1 aliphatic carbocycles. The zero-order valence-electron chi connectivity index (χ0n) is 11.5. The molecule has 0 unspecified atom stereocenters. The molecule has 20 heavy (non-hydrogen) atoms. The number of methoxy groups -OCH3 is 1. The molecule has 104 valence electrons. The Hall–Kier alpha value is -2.30. The SMILES string of the molecule is COc1ccc(-c2nc(C(=O)NC3CC3)c(C)o2)cc1. The molecule has 5 nitrogen and oxygen atoms in total. The molecule has 1 heterocycles. The van der Waals surface area contributed by atoms with Gasteiger partial charge >= 0.3 is 0 Å². The van der Waals surface area contributed by atoms with E-state index in [1.54, 1.807) is 14.0 Å². The van der Waals surface area contributed by atoms with Gasteiger partial charge in [-0.1, -0.05) is 0 Å². The highest BCUT2D eigenvalue weighted by atomic mass is 16.5. The molecule has 1 aromatic carbocycles. The lowest BCUT2D eigenvalue weighted by Crippen LogP contribution is -2.26. The number of nitrogens with one attached hydrogen (secondary N) is 1. The van der Waals surface area contributed by atoms with Gasteiger partial charge in [-0.3, -0.25) is 4.79 Å². The molecular weight excluding hydrogens is 256 g/mol. The minimum Gasteiger partial charge on any atom is -0.497 e. The molecule has 1 aliphatic rings. The van der Waals surface area contributed by atoms with Gasteiger partial charge in [0.25, 0.3) is 5.91 Å². The van der Waals surface area contributed by atoms with Crippen molar-refractivity contribution in [2.24, 2.45) is 0 Å². The highest BCUT2D eigenvalue weighted by molar-refractivity contribution is 5.94. The normalized spacial score (nSPS) is 14.1. The van der Waals surface area contributed by atoms with Crippen molar-refractivity contribution in [3.05, 3.63) is 35.7 Å². The minimum absolute atomic E-state index is 0.159.